The molecule has 2 fully saturated rings. The topological polar surface area (TPSA) is 42.0 Å². The van der Waals surface area contributed by atoms with Crippen LogP contribution in [0.3, 0.4) is 0 Å². The number of hydrogen-bond donors (Lipinski definition) is 1. The average molecular weight is 162 g/mol. The molecule has 0 aromatic heterocycles. The van der Waals surface area contributed by atoms with E-state index in [2.05, 4.69) is 0 Å². The van der Waals surface area contributed by atoms with Crippen LogP contribution < -0.4 is 0 Å². The van der Waals surface area contributed by atoms with Crippen LogP contribution in [0.1, 0.15) is 0 Å². The molecule has 0 aromatic rings. The number of aliphatic hydroxyl groups excluding tert-OH is 1. The van der Waals surface area contributed by atoms with Crippen molar-refractivity contribution in [2.45, 2.75) is 23.7 Å². The Balaban J connectivity index is 1.97. The summed E-state index contributed by atoms with van der Waals surface area (Å²) < 4.78 is 10.2. The van der Waals surface area contributed by atoms with Gasteiger partial charge in [0.2, 0.25) is 0 Å². The van der Waals surface area contributed by atoms with Crippen molar-refractivity contribution < 1.29 is 14.6 Å². The summed E-state index contributed by atoms with van der Waals surface area (Å²) >= 11 is 1.62. The number of epoxide rings is 1. The van der Waals surface area contributed by atoms with Crippen LogP contribution in [0.25, 0.3) is 0 Å². The standard InChI is InChI=1S/C6H10O3S/c1-8-6-4(7)5-3(9-5)2-10-6/h3-7H,2H2,1H3. The van der Waals surface area contributed by atoms with Gasteiger partial charge in [-0.05, 0) is 0 Å². The first kappa shape index (κ1) is 6.91. The Morgan fingerprint density at radius 2 is 2.50 bits per heavy atom. The molecule has 4 unspecified atom stereocenters. The van der Waals surface area contributed by atoms with Crippen LogP contribution in [0, 0.1) is 0 Å². The Bertz CT molecular complexity index is 141. The highest BCUT2D eigenvalue weighted by Crippen LogP contribution is 2.39. The van der Waals surface area contributed by atoms with Crippen molar-refractivity contribution >= 4 is 11.8 Å². The predicted molar refractivity (Wildman–Crippen MR) is 37.9 cm³/mol. The van der Waals surface area contributed by atoms with Crippen molar-refractivity contribution in [1.82, 2.24) is 0 Å². The maximum atomic E-state index is 9.41. The third kappa shape index (κ3) is 0.955. The summed E-state index contributed by atoms with van der Waals surface area (Å²) in [6.45, 7) is 0. The fourth-order valence-corrected chi connectivity index (χ4v) is 2.38. The Morgan fingerprint density at radius 3 is 3.20 bits per heavy atom. The lowest BCUT2D eigenvalue weighted by Crippen LogP contribution is -2.35. The number of aliphatic hydroxyl groups is 1. The number of thioether (sulfide) groups is 1. The van der Waals surface area contributed by atoms with Gasteiger partial charge in [-0.3, -0.25) is 0 Å². The quantitative estimate of drug-likeness (QED) is 0.544. The Morgan fingerprint density at radius 1 is 1.70 bits per heavy atom. The van der Waals surface area contributed by atoms with Gasteiger partial charge in [-0.1, -0.05) is 0 Å². The molecule has 2 aliphatic rings. The summed E-state index contributed by atoms with van der Waals surface area (Å²) in [7, 11) is 1.61. The molecule has 4 heteroatoms. The molecular weight excluding hydrogens is 152 g/mol. The lowest BCUT2D eigenvalue weighted by molar-refractivity contribution is 0.0246. The van der Waals surface area contributed by atoms with Gasteiger partial charge in [0.1, 0.15) is 17.6 Å². The third-order valence-corrected chi connectivity index (χ3v) is 3.22. The number of ether oxygens (including phenoxy) is 2. The minimum Gasteiger partial charge on any atom is -0.387 e. The van der Waals surface area contributed by atoms with Crippen LogP contribution in [0.5, 0.6) is 0 Å². The average Bonchev–Trinajstić information content (AvgIpc) is 2.68. The molecule has 1 N–H and O–H groups in total. The molecule has 10 heavy (non-hydrogen) atoms. The first-order valence-electron chi connectivity index (χ1n) is 3.31. The number of fused-ring (bicyclic) bond motifs is 1. The van der Waals surface area contributed by atoms with Crippen molar-refractivity contribution in [2.24, 2.45) is 0 Å². The van der Waals surface area contributed by atoms with Gasteiger partial charge < -0.3 is 14.6 Å². The van der Waals surface area contributed by atoms with E-state index in [-0.39, 0.29) is 11.5 Å². The molecule has 0 spiro atoms. The minimum absolute atomic E-state index is 0.0613. The van der Waals surface area contributed by atoms with Crippen LogP contribution in [0.2, 0.25) is 0 Å². The van der Waals surface area contributed by atoms with Crippen LogP contribution in [-0.4, -0.2) is 41.7 Å². The lowest BCUT2D eigenvalue weighted by Gasteiger charge is -2.22. The first-order valence-corrected chi connectivity index (χ1v) is 4.35. The highest BCUT2D eigenvalue weighted by molar-refractivity contribution is 7.99. The second-order valence-corrected chi connectivity index (χ2v) is 3.70. The van der Waals surface area contributed by atoms with Crippen LogP contribution >= 0.6 is 11.8 Å². The highest BCUT2D eigenvalue weighted by Gasteiger charge is 2.51. The summed E-state index contributed by atoms with van der Waals surface area (Å²) in [5, 5.41) is 9.41. The van der Waals surface area contributed by atoms with E-state index in [1.807, 2.05) is 0 Å². The van der Waals surface area contributed by atoms with Gasteiger partial charge in [0.15, 0.2) is 0 Å². The molecule has 3 nitrogen and oxygen atoms in total. The smallest absolute Gasteiger partial charge is 0.131 e. The molecule has 2 saturated heterocycles. The number of hydrogen-bond acceptors (Lipinski definition) is 4. The Labute approximate surface area is 63.7 Å². The fourth-order valence-electron chi connectivity index (χ4n) is 1.24. The van der Waals surface area contributed by atoms with Crippen molar-refractivity contribution in [1.29, 1.82) is 0 Å². The number of rotatable bonds is 1. The van der Waals surface area contributed by atoms with E-state index in [1.165, 1.54) is 0 Å². The molecule has 2 heterocycles. The minimum atomic E-state index is -0.422. The van der Waals surface area contributed by atoms with Crippen molar-refractivity contribution in [3.63, 3.8) is 0 Å². The first-order chi connectivity index (χ1) is 4.83. The molecule has 2 rings (SSSR count). The summed E-state index contributed by atoms with van der Waals surface area (Å²) in [4.78, 5) is 0. The maximum absolute atomic E-state index is 9.41. The molecule has 0 amide bonds. The van der Waals surface area contributed by atoms with Gasteiger partial charge >= 0.3 is 0 Å². The molecule has 58 valence electrons. The fraction of sp³-hybridized carbons (Fsp3) is 1.00. The summed E-state index contributed by atoms with van der Waals surface area (Å²) in [5.74, 6) is 0.959. The van der Waals surface area contributed by atoms with Crippen molar-refractivity contribution in [2.75, 3.05) is 12.9 Å². The van der Waals surface area contributed by atoms with Gasteiger partial charge in [-0.25, -0.2) is 0 Å². The summed E-state index contributed by atoms with van der Waals surface area (Å²) in [6.07, 6.45) is -0.0636. The molecule has 0 radical (unpaired) electrons. The van der Waals surface area contributed by atoms with E-state index in [4.69, 9.17) is 9.47 Å². The molecular formula is C6H10O3S. The van der Waals surface area contributed by atoms with E-state index < -0.39 is 6.10 Å². The second-order valence-electron chi connectivity index (χ2n) is 2.57. The zero-order valence-corrected chi connectivity index (χ0v) is 6.50. The van der Waals surface area contributed by atoms with Gasteiger partial charge in [-0.2, -0.15) is 0 Å². The molecule has 0 aromatic carbocycles. The maximum Gasteiger partial charge on any atom is 0.131 e. The highest BCUT2D eigenvalue weighted by atomic mass is 32.2. The van der Waals surface area contributed by atoms with E-state index >= 15 is 0 Å². The molecule has 4 atom stereocenters. The molecule has 0 saturated carbocycles. The van der Waals surface area contributed by atoms with Crippen LogP contribution in [0.15, 0.2) is 0 Å². The Kier molecular flexibility index (Phi) is 1.64. The van der Waals surface area contributed by atoms with E-state index in [1.54, 1.807) is 18.9 Å². The van der Waals surface area contributed by atoms with Gasteiger partial charge in [0, 0.05) is 12.9 Å². The van der Waals surface area contributed by atoms with Crippen LogP contribution in [0.4, 0.5) is 0 Å². The zero-order chi connectivity index (χ0) is 7.14. The van der Waals surface area contributed by atoms with Gasteiger partial charge in [0.25, 0.3) is 0 Å². The third-order valence-electron chi connectivity index (χ3n) is 1.89. The van der Waals surface area contributed by atoms with E-state index in [0.717, 1.165) is 5.75 Å². The normalized spacial score (nSPS) is 52.2. The zero-order valence-electron chi connectivity index (χ0n) is 5.69. The Hall–Kier alpha value is 0.230. The van der Waals surface area contributed by atoms with Crippen LogP contribution in [-0.2, 0) is 9.47 Å². The summed E-state index contributed by atoms with van der Waals surface area (Å²) in [6, 6.07) is 0. The van der Waals surface area contributed by atoms with Crippen molar-refractivity contribution in [3.8, 4) is 0 Å². The lowest BCUT2D eigenvalue weighted by atomic mass is 10.2. The van der Waals surface area contributed by atoms with E-state index in [9.17, 15) is 5.11 Å². The van der Waals surface area contributed by atoms with Gasteiger partial charge in [0.05, 0.1) is 6.10 Å². The summed E-state index contributed by atoms with van der Waals surface area (Å²) in [5.41, 5.74) is -0.0799. The second kappa shape index (κ2) is 2.37. The molecule has 0 aliphatic carbocycles. The van der Waals surface area contributed by atoms with Gasteiger partial charge in [-0.15, -0.1) is 11.8 Å². The largest absolute Gasteiger partial charge is 0.387 e. The van der Waals surface area contributed by atoms with E-state index in [0.29, 0.717) is 6.10 Å². The number of methoxy groups -OCH3 is 1. The monoisotopic (exact) mass is 162 g/mol. The van der Waals surface area contributed by atoms with Crippen molar-refractivity contribution in [3.05, 3.63) is 0 Å². The molecule has 2 aliphatic heterocycles. The molecule has 0 bridgehead atoms. The SMILES string of the molecule is COC1SCC2OC2C1O. The predicted octanol–water partition coefficient (Wildman–Crippen LogP) is -0.166.